The van der Waals surface area contributed by atoms with Crippen LogP contribution in [0.15, 0.2) is 42.6 Å². The van der Waals surface area contributed by atoms with Gasteiger partial charge < -0.3 is 14.7 Å². The minimum absolute atomic E-state index is 0.215. The van der Waals surface area contributed by atoms with Gasteiger partial charge in [0.2, 0.25) is 0 Å². The van der Waals surface area contributed by atoms with Crippen molar-refractivity contribution in [3.8, 4) is 11.4 Å². The number of carbonyl (C=O) groups is 1. The molecule has 1 unspecified atom stereocenters. The van der Waals surface area contributed by atoms with Crippen LogP contribution in [0.2, 0.25) is 0 Å². The highest BCUT2D eigenvalue weighted by Gasteiger charge is 2.26. The van der Waals surface area contributed by atoms with E-state index in [0.717, 1.165) is 54.3 Å². The molecule has 2 aliphatic rings. The highest BCUT2D eigenvalue weighted by Crippen LogP contribution is 2.37. The first-order chi connectivity index (χ1) is 17.0. The largest absolute Gasteiger partial charge is 0.339 e. The fourth-order valence-electron chi connectivity index (χ4n) is 6.11. The fourth-order valence-corrected chi connectivity index (χ4v) is 6.11. The molecule has 2 saturated carbocycles. The summed E-state index contributed by atoms with van der Waals surface area (Å²) in [6, 6.07) is 13.0. The Morgan fingerprint density at radius 1 is 1.06 bits per heavy atom. The molecule has 3 aromatic heterocycles. The van der Waals surface area contributed by atoms with Gasteiger partial charge in [-0.05, 0) is 81.5 Å². The highest BCUT2D eigenvalue weighted by molar-refractivity contribution is 5.97. The molecule has 5 nitrogen and oxygen atoms in total. The predicted octanol–water partition coefficient (Wildman–Crippen LogP) is 6.46. The van der Waals surface area contributed by atoms with E-state index >= 15 is 0 Å². The number of benzene rings is 1. The van der Waals surface area contributed by atoms with Crippen molar-refractivity contribution in [2.75, 3.05) is 0 Å². The molecule has 6 rings (SSSR count). The number of aromatic nitrogens is 3. The molecular formula is C30H36N4O. The van der Waals surface area contributed by atoms with E-state index in [1.165, 1.54) is 47.8 Å². The second-order valence-corrected chi connectivity index (χ2v) is 11.1. The number of hydrogen-bond acceptors (Lipinski definition) is 3. The Hall–Kier alpha value is -2.92. The Morgan fingerprint density at radius 2 is 1.89 bits per heavy atom. The lowest BCUT2D eigenvalue weighted by Crippen LogP contribution is -2.22. The highest BCUT2D eigenvalue weighted by atomic mass is 16.1. The third-order valence-corrected chi connectivity index (χ3v) is 8.24. The summed E-state index contributed by atoms with van der Waals surface area (Å²) in [6.07, 6.45) is 10.8. The summed E-state index contributed by atoms with van der Waals surface area (Å²) in [5.74, 6) is 1.38. The zero-order chi connectivity index (χ0) is 24.1. The minimum atomic E-state index is 0.215. The maximum atomic E-state index is 13.2. The number of imidazole rings is 1. The van der Waals surface area contributed by atoms with Crippen LogP contribution in [0.5, 0.6) is 0 Å². The van der Waals surface area contributed by atoms with Crippen molar-refractivity contribution >= 4 is 22.3 Å². The van der Waals surface area contributed by atoms with E-state index in [2.05, 4.69) is 47.1 Å². The summed E-state index contributed by atoms with van der Waals surface area (Å²) in [4.78, 5) is 18.3. The van der Waals surface area contributed by atoms with E-state index in [-0.39, 0.29) is 11.8 Å². The standard InChI is InChI=1S/C30H36N4O/c1-19-6-5-8-24-16-26(34(30(19)24)18-21-10-11-21)29-20(2)33-13-12-23(17-28(33)32-29)27(35)15-22-7-3-4-9-25(31)14-22/h5-6,8,12-13,16-17,21-22,25H,3-4,7,9-11,14-15,18,31H2,1-2H3/t22?,25-/m1/s1. The predicted molar refractivity (Wildman–Crippen MR) is 142 cm³/mol. The molecule has 0 amide bonds. The molecule has 0 bridgehead atoms. The summed E-state index contributed by atoms with van der Waals surface area (Å²) in [5, 5.41) is 1.27. The zero-order valence-electron chi connectivity index (χ0n) is 21.0. The topological polar surface area (TPSA) is 65.3 Å². The Bertz CT molecular complexity index is 1410. The summed E-state index contributed by atoms with van der Waals surface area (Å²) in [7, 11) is 0. The van der Waals surface area contributed by atoms with Crippen molar-refractivity contribution in [3.05, 3.63) is 59.4 Å². The molecule has 2 aliphatic carbocycles. The number of fused-ring (bicyclic) bond motifs is 2. The molecule has 0 saturated heterocycles. The van der Waals surface area contributed by atoms with E-state index in [1.54, 1.807) is 0 Å². The summed E-state index contributed by atoms with van der Waals surface area (Å²) in [5.41, 5.74) is 13.8. The second-order valence-electron chi connectivity index (χ2n) is 11.1. The maximum Gasteiger partial charge on any atom is 0.163 e. The Labute approximate surface area is 207 Å². The summed E-state index contributed by atoms with van der Waals surface area (Å²) >= 11 is 0. The first-order valence-electron chi connectivity index (χ1n) is 13.3. The lowest BCUT2D eigenvalue weighted by atomic mass is 9.91. The van der Waals surface area contributed by atoms with Crippen molar-refractivity contribution in [2.24, 2.45) is 17.6 Å². The van der Waals surface area contributed by atoms with Gasteiger partial charge in [0.05, 0.1) is 11.2 Å². The van der Waals surface area contributed by atoms with Gasteiger partial charge in [-0.15, -0.1) is 0 Å². The molecule has 2 N–H and O–H groups in total. The van der Waals surface area contributed by atoms with E-state index in [0.29, 0.717) is 12.3 Å². The van der Waals surface area contributed by atoms with Gasteiger partial charge in [0, 0.05) is 41.8 Å². The number of Topliss-reactive ketones (excluding diaryl/α,β-unsaturated/α-hetero) is 1. The number of nitrogens with two attached hydrogens (primary N) is 1. The van der Waals surface area contributed by atoms with E-state index in [9.17, 15) is 4.79 Å². The van der Waals surface area contributed by atoms with Crippen LogP contribution in [-0.4, -0.2) is 25.8 Å². The molecule has 1 aromatic carbocycles. The van der Waals surface area contributed by atoms with E-state index in [4.69, 9.17) is 10.7 Å². The number of nitrogens with zero attached hydrogens (tertiary/aromatic N) is 3. The number of ketones is 1. The molecule has 0 spiro atoms. The van der Waals surface area contributed by atoms with Crippen molar-refractivity contribution < 1.29 is 4.79 Å². The van der Waals surface area contributed by atoms with Gasteiger partial charge in [0.15, 0.2) is 5.78 Å². The molecule has 3 heterocycles. The number of carbonyl (C=O) groups excluding carboxylic acids is 1. The summed E-state index contributed by atoms with van der Waals surface area (Å²) < 4.78 is 4.61. The number of pyridine rings is 1. The van der Waals surface area contributed by atoms with Gasteiger partial charge in [-0.3, -0.25) is 4.79 Å². The second kappa shape index (κ2) is 8.94. The van der Waals surface area contributed by atoms with Gasteiger partial charge in [0.1, 0.15) is 11.3 Å². The number of para-hydroxylation sites is 1. The molecule has 5 heteroatoms. The molecule has 4 aromatic rings. The lowest BCUT2D eigenvalue weighted by Gasteiger charge is -2.16. The van der Waals surface area contributed by atoms with Gasteiger partial charge in [-0.2, -0.15) is 0 Å². The number of aryl methyl sites for hydroxylation is 2. The van der Waals surface area contributed by atoms with Crippen LogP contribution in [0.1, 0.15) is 73.0 Å². The van der Waals surface area contributed by atoms with Crippen molar-refractivity contribution in [1.82, 2.24) is 14.0 Å². The SMILES string of the molecule is Cc1cccc2cc(-c3nc4cc(C(=O)CC5CCCC[C@@H](N)C5)ccn4c3C)n(CC3CC3)c12. The Kier molecular flexibility index (Phi) is 5.76. The molecule has 182 valence electrons. The van der Waals surface area contributed by atoms with Crippen LogP contribution in [0.3, 0.4) is 0 Å². The smallest absolute Gasteiger partial charge is 0.163 e. The fraction of sp³-hybridized carbons (Fsp3) is 0.467. The average Bonchev–Trinajstić information content (AvgIpc) is 3.54. The summed E-state index contributed by atoms with van der Waals surface area (Å²) in [6.45, 7) is 5.38. The number of hydrogen-bond donors (Lipinski definition) is 1. The molecule has 0 radical (unpaired) electrons. The molecule has 2 atom stereocenters. The third-order valence-electron chi connectivity index (χ3n) is 8.24. The minimum Gasteiger partial charge on any atom is -0.339 e. The Morgan fingerprint density at radius 3 is 2.71 bits per heavy atom. The number of rotatable bonds is 6. The average molecular weight is 469 g/mol. The maximum absolute atomic E-state index is 13.2. The van der Waals surface area contributed by atoms with Crippen molar-refractivity contribution in [2.45, 2.75) is 77.8 Å². The van der Waals surface area contributed by atoms with Gasteiger partial charge in [0.25, 0.3) is 0 Å². The van der Waals surface area contributed by atoms with Crippen LogP contribution in [-0.2, 0) is 6.54 Å². The molecular weight excluding hydrogens is 432 g/mol. The molecule has 35 heavy (non-hydrogen) atoms. The molecule has 2 fully saturated rings. The van der Waals surface area contributed by atoms with Gasteiger partial charge in [-0.1, -0.05) is 31.0 Å². The zero-order valence-corrected chi connectivity index (χ0v) is 21.0. The van der Waals surface area contributed by atoms with Gasteiger partial charge >= 0.3 is 0 Å². The van der Waals surface area contributed by atoms with E-state index in [1.807, 2.05) is 18.3 Å². The van der Waals surface area contributed by atoms with Crippen molar-refractivity contribution in [3.63, 3.8) is 0 Å². The van der Waals surface area contributed by atoms with E-state index < -0.39 is 0 Å². The third kappa shape index (κ3) is 4.31. The molecule has 0 aliphatic heterocycles. The van der Waals surface area contributed by atoms with Crippen LogP contribution >= 0.6 is 0 Å². The monoisotopic (exact) mass is 468 g/mol. The van der Waals surface area contributed by atoms with Crippen LogP contribution in [0.4, 0.5) is 0 Å². The van der Waals surface area contributed by atoms with Crippen molar-refractivity contribution in [1.29, 1.82) is 0 Å². The normalized spacial score (nSPS) is 21.0. The van der Waals surface area contributed by atoms with Crippen LogP contribution in [0.25, 0.3) is 27.9 Å². The van der Waals surface area contributed by atoms with Gasteiger partial charge in [-0.25, -0.2) is 4.98 Å². The Balaban J connectivity index is 1.36. The lowest BCUT2D eigenvalue weighted by molar-refractivity contribution is 0.0956. The quantitative estimate of drug-likeness (QED) is 0.261. The van der Waals surface area contributed by atoms with Crippen LogP contribution in [0, 0.1) is 25.7 Å². The first kappa shape index (κ1) is 22.5. The first-order valence-corrected chi connectivity index (χ1v) is 13.3. The van der Waals surface area contributed by atoms with Crippen LogP contribution < -0.4 is 5.73 Å².